The summed E-state index contributed by atoms with van der Waals surface area (Å²) in [6.07, 6.45) is -4.78. The van der Waals surface area contributed by atoms with E-state index >= 15 is 0 Å². The highest BCUT2D eigenvalue weighted by Gasteiger charge is 2.37. The second-order valence-corrected chi connectivity index (χ2v) is 6.90. The minimum absolute atomic E-state index is 0.216. The molecule has 0 fully saturated rings. The molecule has 0 saturated carbocycles. The maximum atomic E-state index is 14.6. The van der Waals surface area contributed by atoms with Crippen molar-refractivity contribution in [2.45, 2.75) is 12.1 Å². The van der Waals surface area contributed by atoms with Crippen molar-refractivity contribution < 1.29 is 26.7 Å². The van der Waals surface area contributed by atoms with Crippen molar-refractivity contribution in [3.63, 3.8) is 0 Å². The number of benzene rings is 3. The molecular formula is C22H15ClF5NO. The summed E-state index contributed by atoms with van der Waals surface area (Å²) in [4.78, 5) is 12.1. The van der Waals surface area contributed by atoms with Gasteiger partial charge in [0.05, 0.1) is 22.7 Å². The third kappa shape index (κ3) is 4.79. The van der Waals surface area contributed by atoms with Crippen molar-refractivity contribution in [3.05, 3.63) is 94.5 Å². The van der Waals surface area contributed by atoms with Gasteiger partial charge in [-0.15, -0.1) is 0 Å². The van der Waals surface area contributed by atoms with Crippen molar-refractivity contribution in [3.8, 4) is 11.1 Å². The van der Waals surface area contributed by atoms with Crippen LogP contribution in [0.4, 0.5) is 22.0 Å². The van der Waals surface area contributed by atoms with E-state index in [-0.39, 0.29) is 5.02 Å². The van der Waals surface area contributed by atoms with Crippen LogP contribution in [0.2, 0.25) is 5.02 Å². The summed E-state index contributed by atoms with van der Waals surface area (Å²) in [5.74, 6) is -4.84. The van der Waals surface area contributed by atoms with Crippen LogP contribution < -0.4 is 5.32 Å². The molecule has 0 aliphatic rings. The Kier molecular flexibility index (Phi) is 6.12. The first-order chi connectivity index (χ1) is 14.1. The van der Waals surface area contributed by atoms with E-state index in [1.807, 2.05) is 11.4 Å². The Hall–Kier alpha value is -2.93. The average molecular weight is 440 g/mol. The Bertz CT molecular complexity index is 1050. The van der Waals surface area contributed by atoms with E-state index in [2.05, 4.69) is 0 Å². The van der Waals surface area contributed by atoms with Gasteiger partial charge in [0, 0.05) is 5.56 Å². The van der Waals surface area contributed by atoms with Crippen molar-refractivity contribution in [2.24, 2.45) is 0 Å². The number of rotatable bonds is 5. The minimum atomic E-state index is -4.78. The number of carbonyl (C=O) groups excluding carboxylic acids is 1. The van der Waals surface area contributed by atoms with Gasteiger partial charge in [-0.1, -0.05) is 66.2 Å². The standard InChI is InChI=1S/C22H15ClF5NO/c23-19-12-15(14-6-2-1-3-7-14)10-11-18(19)21(24,25)13-29-20(30)16-8-4-5-9-17(16)22(26,27)28/h1-12H,13H2,(H,29,30). The summed E-state index contributed by atoms with van der Waals surface area (Å²) in [7, 11) is 0. The zero-order chi connectivity index (χ0) is 21.9. The van der Waals surface area contributed by atoms with E-state index in [0.717, 1.165) is 23.8 Å². The lowest BCUT2D eigenvalue weighted by atomic mass is 10.0. The number of halogens is 6. The Labute approximate surface area is 174 Å². The Morgan fingerprint density at radius 3 is 2.07 bits per heavy atom. The van der Waals surface area contributed by atoms with E-state index in [1.165, 1.54) is 18.2 Å². The Morgan fingerprint density at radius 1 is 0.800 bits per heavy atom. The third-order valence-electron chi connectivity index (χ3n) is 4.42. The fraction of sp³-hybridized carbons (Fsp3) is 0.136. The largest absolute Gasteiger partial charge is 0.417 e. The third-order valence-corrected chi connectivity index (χ3v) is 4.73. The summed E-state index contributed by atoms with van der Waals surface area (Å²) in [6, 6.07) is 16.9. The predicted octanol–water partition coefficient (Wildman–Crippen LogP) is 6.55. The number of hydrogen-bond donors (Lipinski definition) is 1. The smallest absolute Gasteiger partial charge is 0.346 e. The lowest BCUT2D eigenvalue weighted by Crippen LogP contribution is -2.36. The molecule has 2 nitrogen and oxygen atoms in total. The SMILES string of the molecule is O=C(NCC(F)(F)c1ccc(-c2ccccc2)cc1Cl)c1ccccc1C(F)(F)F. The molecule has 156 valence electrons. The molecule has 0 bridgehead atoms. The average Bonchev–Trinajstić information content (AvgIpc) is 2.72. The predicted molar refractivity (Wildman–Crippen MR) is 105 cm³/mol. The second-order valence-electron chi connectivity index (χ2n) is 6.49. The zero-order valence-electron chi connectivity index (χ0n) is 15.3. The molecule has 1 amide bonds. The lowest BCUT2D eigenvalue weighted by Gasteiger charge is -2.20. The molecule has 0 radical (unpaired) electrons. The van der Waals surface area contributed by atoms with Crippen LogP contribution >= 0.6 is 11.6 Å². The van der Waals surface area contributed by atoms with Crippen LogP contribution in [0.1, 0.15) is 21.5 Å². The first kappa shape index (κ1) is 21.8. The monoisotopic (exact) mass is 439 g/mol. The summed E-state index contributed by atoms with van der Waals surface area (Å²) in [6.45, 7) is -1.21. The number of carbonyl (C=O) groups is 1. The van der Waals surface area contributed by atoms with Crippen LogP contribution in [0, 0.1) is 0 Å². The van der Waals surface area contributed by atoms with Gasteiger partial charge in [-0.3, -0.25) is 4.79 Å². The second kappa shape index (κ2) is 8.44. The van der Waals surface area contributed by atoms with E-state index in [9.17, 15) is 26.7 Å². The van der Waals surface area contributed by atoms with Gasteiger partial charge in [0.15, 0.2) is 0 Å². The van der Waals surface area contributed by atoms with Gasteiger partial charge in [-0.25, -0.2) is 0 Å². The Morgan fingerprint density at radius 2 is 1.43 bits per heavy atom. The highest BCUT2D eigenvalue weighted by molar-refractivity contribution is 6.31. The normalized spacial score (nSPS) is 11.9. The maximum Gasteiger partial charge on any atom is 0.417 e. The van der Waals surface area contributed by atoms with Gasteiger partial charge >= 0.3 is 6.18 Å². The Balaban J connectivity index is 1.78. The van der Waals surface area contributed by atoms with Gasteiger partial charge in [0.1, 0.15) is 0 Å². The number of amides is 1. The maximum absolute atomic E-state index is 14.6. The van der Waals surface area contributed by atoms with Crippen molar-refractivity contribution >= 4 is 17.5 Å². The van der Waals surface area contributed by atoms with Gasteiger partial charge in [-0.2, -0.15) is 22.0 Å². The van der Waals surface area contributed by atoms with Gasteiger partial charge in [0.2, 0.25) is 0 Å². The fourth-order valence-corrected chi connectivity index (χ4v) is 3.25. The molecule has 0 saturated heterocycles. The molecule has 3 aromatic rings. The van der Waals surface area contributed by atoms with Crippen molar-refractivity contribution in [2.75, 3.05) is 6.54 Å². The molecule has 0 heterocycles. The fourth-order valence-electron chi connectivity index (χ4n) is 2.93. The van der Waals surface area contributed by atoms with Gasteiger partial charge in [-0.05, 0) is 29.3 Å². The minimum Gasteiger partial charge on any atom is -0.346 e. The van der Waals surface area contributed by atoms with Crippen LogP contribution in [-0.2, 0) is 12.1 Å². The zero-order valence-corrected chi connectivity index (χ0v) is 16.1. The van der Waals surface area contributed by atoms with Crippen LogP contribution in [-0.4, -0.2) is 12.5 Å². The molecule has 3 rings (SSSR count). The van der Waals surface area contributed by atoms with Crippen molar-refractivity contribution in [1.29, 1.82) is 0 Å². The molecule has 0 aromatic heterocycles. The molecule has 3 aromatic carbocycles. The highest BCUT2D eigenvalue weighted by atomic mass is 35.5. The summed E-state index contributed by atoms with van der Waals surface area (Å²) in [5, 5.41) is 1.66. The van der Waals surface area contributed by atoms with Crippen molar-refractivity contribution in [1.82, 2.24) is 5.32 Å². The van der Waals surface area contributed by atoms with Gasteiger partial charge < -0.3 is 5.32 Å². The van der Waals surface area contributed by atoms with E-state index in [1.54, 1.807) is 24.3 Å². The molecule has 30 heavy (non-hydrogen) atoms. The van der Waals surface area contributed by atoms with Gasteiger partial charge in [0.25, 0.3) is 11.8 Å². The summed E-state index contributed by atoms with van der Waals surface area (Å²) >= 11 is 6.04. The number of alkyl halides is 5. The van der Waals surface area contributed by atoms with Crippen LogP contribution in [0.5, 0.6) is 0 Å². The quantitative estimate of drug-likeness (QED) is 0.449. The molecule has 8 heteroatoms. The van der Waals surface area contributed by atoms with Crippen LogP contribution in [0.25, 0.3) is 11.1 Å². The van der Waals surface area contributed by atoms with Crippen LogP contribution in [0.15, 0.2) is 72.8 Å². The summed E-state index contributed by atoms with van der Waals surface area (Å²) in [5.41, 5.74) is -1.05. The van der Waals surface area contributed by atoms with Crippen LogP contribution in [0.3, 0.4) is 0 Å². The van der Waals surface area contributed by atoms with E-state index < -0.39 is 41.2 Å². The first-order valence-electron chi connectivity index (χ1n) is 8.77. The van der Waals surface area contributed by atoms with E-state index in [0.29, 0.717) is 11.6 Å². The van der Waals surface area contributed by atoms with E-state index in [4.69, 9.17) is 11.6 Å². The molecular weight excluding hydrogens is 425 g/mol. The summed E-state index contributed by atoms with van der Waals surface area (Å²) < 4.78 is 68.4. The molecule has 0 unspecified atom stereocenters. The molecule has 0 atom stereocenters. The lowest BCUT2D eigenvalue weighted by molar-refractivity contribution is -0.137. The number of nitrogens with one attached hydrogen (secondary N) is 1. The number of hydrogen-bond acceptors (Lipinski definition) is 1. The molecule has 0 aliphatic heterocycles. The molecule has 0 spiro atoms. The first-order valence-corrected chi connectivity index (χ1v) is 9.15. The topological polar surface area (TPSA) is 29.1 Å². The highest BCUT2D eigenvalue weighted by Crippen LogP contribution is 2.36. The molecule has 0 aliphatic carbocycles. The molecule has 1 N–H and O–H groups in total.